The van der Waals surface area contributed by atoms with E-state index in [4.69, 9.17) is 11.5 Å². The number of aliphatic hydroxyl groups is 2. The molecule has 0 bridgehead atoms. The maximum absolute atomic E-state index is 14.6. The fourth-order valence-corrected chi connectivity index (χ4v) is 11.5. The summed E-state index contributed by atoms with van der Waals surface area (Å²) in [6.45, 7) is 13.3. The first-order valence-electron chi connectivity index (χ1n) is 35.8. The zero-order valence-electron chi connectivity index (χ0n) is 62.7. The van der Waals surface area contributed by atoms with Crippen LogP contribution in [0.15, 0.2) is 73.6 Å². The highest BCUT2D eigenvalue weighted by molar-refractivity contribution is 6.01. The van der Waals surface area contributed by atoms with Crippen molar-refractivity contribution in [2.24, 2.45) is 35.1 Å². The highest BCUT2D eigenvalue weighted by Gasteiger charge is 2.42. The summed E-state index contributed by atoms with van der Waals surface area (Å²) in [7, 11) is 0. The van der Waals surface area contributed by atoms with E-state index in [-0.39, 0.29) is 62.5 Å². The van der Waals surface area contributed by atoms with Crippen LogP contribution in [0, 0.1) is 23.7 Å². The zero-order chi connectivity index (χ0) is 82.0. The number of aromatic amines is 2. The van der Waals surface area contributed by atoms with Crippen LogP contribution in [0.5, 0.6) is 11.5 Å². The van der Waals surface area contributed by atoms with Crippen LogP contribution in [0.2, 0.25) is 0 Å². The number of nitrogens with zero attached hydrogens (tertiary/aromatic N) is 3. The SMILES string of the molecule is CC(C)[C@H](N)C(=O)N[C@H](C(=O)N[C@@H](CC(N)=O)C(=O)N[C@H](C(=O)N1CCC[C@H]1C(=O)NCC(=O)N[C@@H](Cc1cnc[nH]1)C(=O)N[C@@H](C)C(=O)N[C@H](C(=O)N[C@@H](CO)C(=O)N[C@@H](Cc1ccc(O)cc1)C(=O)N[C@@H](Cc1cnc[nH]1)C(=O)N[C@H](C(=O)N[C@@H](Cc1ccc(O)cc1)C(=O)O)C(C)C)C(C)C)[C@@H](C)O)C(C)C. The van der Waals surface area contributed by atoms with Crippen molar-refractivity contribution in [3.05, 3.63) is 96.1 Å². The minimum Gasteiger partial charge on any atom is -0.508 e. The Morgan fingerprint density at radius 1 is 0.491 bits per heavy atom. The van der Waals surface area contributed by atoms with Crippen LogP contribution < -0.4 is 75.3 Å². The number of aliphatic hydroxyl groups excluding tert-OH is 2. The number of carbonyl (C=O) groups is 15. The standard InChI is InChI=1S/C71H103N19O20/c1-33(2)54(73)66(104)88-57(36(7)8)67(105)83-48(26-52(72)95)63(101)89-58(38(10)92)70(108)90-21-11-12-51(90)65(103)76-29-53(96)80-46(24-41-27-74-31-77-41)60(98)79-37(9)59(97)86-55(34(3)4)69(107)85-50(30-91)64(102)81-45(22-39-13-17-43(93)18-14-39)61(99)82-47(25-42-28-75-32-78-42)62(100)87-56(35(5)6)68(106)84-49(71(109)110)23-40-15-19-44(94)20-16-40/h13-20,27-28,31-38,45-51,54-58,91-94H,11-12,21-26,29-30,73H2,1-10H3,(H2,72,95)(H,74,77)(H,75,78)(H,76,103)(H,79,98)(H,80,96)(H,81,102)(H,82,99)(H,83,105)(H,84,106)(H,85,107)(H,86,97)(H,87,100)(H,88,104)(H,89,101)(H,109,110)/t37-,38+,45-,46-,47-,48-,49-,50-,51-,54-,55-,56-,57-,58-/m0/s1. The molecule has 14 amide bonds. The number of aliphatic carboxylic acids is 1. The number of hydrogen-bond acceptors (Lipinski definition) is 22. The molecule has 5 rings (SSSR count). The molecule has 39 heteroatoms. The van der Waals surface area contributed by atoms with Gasteiger partial charge in [-0.25, -0.2) is 14.8 Å². The van der Waals surface area contributed by atoms with Gasteiger partial charge >= 0.3 is 5.97 Å². The molecule has 1 fully saturated rings. The Morgan fingerprint density at radius 2 is 0.891 bits per heavy atom. The predicted molar refractivity (Wildman–Crippen MR) is 390 cm³/mol. The number of hydrogen-bond donors (Lipinski definition) is 21. The molecule has 23 N–H and O–H groups in total. The Hall–Kier alpha value is -11.6. The van der Waals surface area contributed by atoms with Gasteiger partial charge in [-0.15, -0.1) is 0 Å². The van der Waals surface area contributed by atoms with Crippen molar-refractivity contribution in [3.8, 4) is 11.5 Å². The van der Waals surface area contributed by atoms with Crippen molar-refractivity contribution < 1.29 is 97.5 Å². The number of nitrogens with one attached hydrogen (secondary N) is 14. The van der Waals surface area contributed by atoms with Crippen LogP contribution in [-0.2, 0) is 97.6 Å². The fourth-order valence-electron chi connectivity index (χ4n) is 11.5. The summed E-state index contributed by atoms with van der Waals surface area (Å²) in [6, 6.07) is -8.13. The van der Waals surface area contributed by atoms with Gasteiger partial charge in [0.25, 0.3) is 0 Å². The maximum Gasteiger partial charge on any atom is 0.326 e. The Morgan fingerprint density at radius 3 is 1.34 bits per heavy atom. The minimum absolute atomic E-state index is 0.0499. The number of aromatic hydroxyl groups is 2. The van der Waals surface area contributed by atoms with Gasteiger partial charge < -0.3 is 116 Å². The Kier molecular flexibility index (Phi) is 34.2. The van der Waals surface area contributed by atoms with Gasteiger partial charge in [-0.1, -0.05) is 79.7 Å². The minimum atomic E-state index is -1.83. The molecule has 39 nitrogen and oxygen atoms in total. The van der Waals surface area contributed by atoms with E-state index in [0.29, 0.717) is 22.5 Å². The molecule has 0 aliphatic carbocycles. The van der Waals surface area contributed by atoms with Crippen molar-refractivity contribution in [1.82, 2.24) is 88.6 Å². The van der Waals surface area contributed by atoms with E-state index in [1.807, 2.05) is 0 Å². The van der Waals surface area contributed by atoms with Gasteiger partial charge in [0.2, 0.25) is 82.7 Å². The third-order valence-corrected chi connectivity index (χ3v) is 17.9. The van der Waals surface area contributed by atoms with Gasteiger partial charge in [-0.2, -0.15) is 0 Å². The quantitative estimate of drug-likeness (QED) is 0.0197. The van der Waals surface area contributed by atoms with Gasteiger partial charge in [0.1, 0.15) is 84.0 Å². The van der Waals surface area contributed by atoms with Crippen LogP contribution in [0.3, 0.4) is 0 Å². The van der Waals surface area contributed by atoms with E-state index in [1.165, 1.54) is 101 Å². The highest BCUT2D eigenvalue weighted by atomic mass is 16.4. The van der Waals surface area contributed by atoms with Crippen LogP contribution in [0.25, 0.3) is 0 Å². The molecule has 1 saturated heterocycles. The highest BCUT2D eigenvalue weighted by Crippen LogP contribution is 2.21. The van der Waals surface area contributed by atoms with Gasteiger partial charge in [-0.05, 0) is 85.8 Å². The molecule has 2 aromatic heterocycles. The Balaban J connectivity index is 1.24. The number of benzene rings is 2. The van der Waals surface area contributed by atoms with E-state index in [2.05, 4.69) is 83.7 Å². The van der Waals surface area contributed by atoms with Crippen LogP contribution in [0.1, 0.15) is 111 Å². The lowest BCUT2D eigenvalue weighted by Crippen LogP contribution is -2.62. The van der Waals surface area contributed by atoms with Crippen molar-refractivity contribution in [2.45, 2.75) is 199 Å². The lowest BCUT2D eigenvalue weighted by atomic mass is 9.99. The second-order valence-electron chi connectivity index (χ2n) is 28.2. The topological polar surface area (TPSA) is 614 Å². The number of primary amides is 1. The number of phenols is 2. The average Bonchev–Trinajstić information content (AvgIpc) is 1.58. The number of phenolic OH excluding ortho intramolecular Hbond substituents is 2. The first-order chi connectivity index (χ1) is 51.8. The summed E-state index contributed by atoms with van der Waals surface area (Å²) in [5, 5.41) is 81.0. The number of amides is 14. The maximum atomic E-state index is 14.6. The van der Waals surface area contributed by atoms with E-state index in [1.54, 1.807) is 41.5 Å². The predicted octanol–water partition coefficient (Wildman–Crippen LogP) is -5.44. The molecule has 2 aromatic carbocycles. The molecule has 1 aliphatic heterocycles. The third kappa shape index (κ3) is 27.3. The monoisotopic (exact) mass is 1540 g/mol. The number of carboxylic acids is 1. The van der Waals surface area contributed by atoms with Crippen LogP contribution >= 0.6 is 0 Å². The average molecular weight is 1540 g/mol. The van der Waals surface area contributed by atoms with Crippen LogP contribution in [0.4, 0.5) is 0 Å². The summed E-state index contributed by atoms with van der Waals surface area (Å²) >= 11 is 0. The summed E-state index contributed by atoms with van der Waals surface area (Å²) in [4.78, 5) is 220. The first-order valence-corrected chi connectivity index (χ1v) is 35.8. The molecule has 0 spiro atoms. The van der Waals surface area contributed by atoms with Crippen LogP contribution in [-0.4, -0.2) is 243 Å². The molecular weight excluding hydrogens is 1440 g/mol. The molecule has 0 saturated carbocycles. The molecule has 0 radical (unpaired) electrons. The van der Waals surface area contributed by atoms with Gasteiger partial charge in [-0.3, -0.25) is 67.1 Å². The first kappa shape index (κ1) is 89.0. The molecule has 110 heavy (non-hydrogen) atoms. The van der Waals surface area contributed by atoms with E-state index < -0.39 is 211 Å². The number of rotatable bonds is 42. The number of aromatic nitrogens is 4. The van der Waals surface area contributed by atoms with Gasteiger partial charge in [0.15, 0.2) is 0 Å². The lowest BCUT2D eigenvalue weighted by molar-refractivity contribution is -0.144. The Bertz CT molecular complexity index is 3840. The van der Waals surface area contributed by atoms with Gasteiger partial charge in [0, 0.05) is 56.0 Å². The van der Waals surface area contributed by atoms with Gasteiger partial charge in [0.05, 0.1) is 44.4 Å². The number of carbonyl (C=O) groups excluding carboxylic acids is 14. The largest absolute Gasteiger partial charge is 0.508 e. The van der Waals surface area contributed by atoms with Crippen molar-refractivity contribution in [3.63, 3.8) is 0 Å². The summed E-state index contributed by atoms with van der Waals surface area (Å²) in [5.41, 5.74) is 12.9. The smallest absolute Gasteiger partial charge is 0.326 e. The number of imidazole rings is 2. The number of nitrogens with two attached hydrogens (primary N) is 2. The second kappa shape index (κ2) is 42.2. The summed E-state index contributed by atoms with van der Waals surface area (Å²) < 4.78 is 0. The number of H-pyrrole nitrogens is 2. The zero-order valence-corrected chi connectivity index (χ0v) is 62.7. The van der Waals surface area contributed by atoms with Crippen molar-refractivity contribution in [1.29, 1.82) is 0 Å². The van der Waals surface area contributed by atoms with E-state index in [9.17, 15) is 97.5 Å². The van der Waals surface area contributed by atoms with E-state index in [0.717, 1.165) is 4.90 Å². The van der Waals surface area contributed by atoms with Crippen molar-refractivity contribution in [2.75, 3.05) is 19.7 Å². The molecule has 0 unspecified atom stereocenters. The lowest BCUT2D eigenvalue weighted by Gasteiger charge is -2.31. The number of carboxylic acid groups (broad SMARTS) is 1. The molecule has 14 atom stereocenters. The molecule has 3 heterocycles. The molecule has 602 valence electrons. The summed E-state index contributed by atoms with van der Waals surface area (Å²) in [5.74, 6) is -17.2. The number of likely N-dealkylation sites (tertiary alicyclic amines) is 1. The van der Waals surface area contributed by atoms with Crippen molar-refractivity contribution >= 4 is 88.7 Å². The summed E-state index contributed by atoms with van der Waals surface area (Å²) in [6.07, 6.45) is 2.14. The Labute approximate surface area is 633 Å². The third-order valence-electron chi connectivity index (χ3n) is 17.9. The van der Waals surface area contributed by atoms with E-state index >= 15 is 0 Å². The molecular formula is C71H103N19O20. The molecule has 4 aromatic rings. The fraction of sp³-hybridized carbons (Fsp3) is 0.535. The molecule has 1 aliphatic rings. The second-order valence-corrected chi connectivity index (χ2v) is 28.2. The normalized spacial score (nSPS) is 16.3.